The summed E-state index contributed by atoms with van der Waals surface area (Å²) in [4.78, 5) is 22.7. The Kier molecular flexibility index (Phi) is 9.72. The normalized spacial score (nSPS) is 10.4. The molecule has 0 atom stereocenters. The topological polar surface area (TPSA) is 69.4 Å². The number of thiophene rings is 2. The van der Waals surface area contributed by atoms with Gasteiger partial charge in [0.25, 0.3) is 0 Å². The Balaban J connectivity index is 0.000000257. The molecule has 0 N–H and O–H groups in total. The molecule has 0 aromatic carbocycles. The van der Waals surface area contributed by atoms with Crippen molar-refractivity contribution in [1.82, 2.24) is 0 Å². The summed E-state index contributed by atoms with van der Waals surface area (Å²) in [6.07, 6.45) is 4.85. The van der Waals surface area contributed by atoms with Gasteiger partial charge < -0.3 is 4.74 Å². The summed E-state index contributed by atoms with van der Waals surface area (Å²) in [5.41, 5.74) is 2.44. The summed E-state index contributed by atoms with van der Waals surface area (Å²) in [7, 11) is 0. The van der Waals surface area contributed by atoms with E-state index < -0.39 is 4.92 Å². The number of carbonyl (C=O) groups is 1. The van der Waals surface area contributed by atoms with Crippen LogP contribution in [-0.4, -0.2) is 17.5 Å². The lowest BCUT2D eigenvalue weighted by Crippen LogP contribution is -2.03. The first-order chi connectivity index (χ1) is 11.9. The molecule has 2 aromatic heterocycles. The molecular formula is C18H23NO4S2. The fourth-order valence-electron chi connectivity index (χ4n) is 1.94. The Morgan fingerprint density at radius 2 is 1.92 bits per heavy atom. The molecule has 136 valence electrons. The van der Waals surface area contributed by atoms with Crippen LogP contribution in [0, 0.1) is 24.0 Å². The van der Waals surface area contributed by atoms with Gasteiger partial charge in [0.15, 0.2) is 0 Å². The maximum atomic E-state index is 11.0. The van der Waals surface area contributed by atoms with E-state index >= 15 is 0 Å². The SMILES string of the molecule is CCOC(=O)CCCc1cc(C)cs1.Cc1csc(/C=C\[N+](=O)[O-])c1. The highest BCUT2D eigenvalue weighted by Gasteiger charge is 2.02. The second kappa shape index (κ2) is 11.5. The van der Waals surface area contributed by atoms with Crippen molar-refractivity contribution in [2.75, 3.05) is 6.61 Å². The molecule has 5 nitrogen and oxygen atoms in total. The smallest absolute Gasteiger partial charge is 0.305 e. The van der Waals surface area contributed by atoms with Gasteiger partial charge >= 0.3 is 5.97 Å². The van der Waals surface area contributed by atoms with Crippen LogP contribution in [0.3, 0.4) is 0 Å². The number of hydrogen-bond donors (Lipinski definition) is 0. The summed E-state index contributed by atoms with van der Waals surface area (Å²) in [6, 6.07) is 4.08. The molecule has 25 heavy (non-hydrogen) atoms. The molecule has 0 radical (unpaired) electrons. The second-order valence-corrected chi connectivity index (χ2v) is 7.32. The van der Waals surface area contributed by atoms with E-state index in [0.29, 0.717) is 13.0 Å². The fraction of sp³-hybridized carbons (Fsp3) is 0.389. The van der Waals surface area contributed by atoms with Crippen LogP contribution < -0.4 is 0 Å². The first-order valence-electron chi connectivity index (χ1n) is 7.97. The van der Waals surface area contributed by atoms with Gasteiger partial charge in [0.2, 0.25) is 6.20 Å². The molecule has 0 amide bonds. The fourth-order valence-corrected chi connectivity index (χ4v) is 3.64. The van der Waals surface area contributed by atoms with Crippen molar-refractivity contribution in [2.45, 2.75) is 40.0 Å². The third-order valence-corrected chi connectivity index (χ3v) is 5.14. The van der Waals surface area contributed by atoms with Crippen LogP contribution in [0.15, 0.2) is 29.1 Å². The van der Waals surface area contributed by atoms with Crippen molar-refractivity contribution in [3.05, 3.63) is 60.1 Å². The molecule has 0 saturated carbocycles. The predicted octanol–water partition coefficient (Wildman–Crippen LogP) is 5.25. The Hall–Kier alpha value is -1.99. The van der Waals surface area contributed by atoms with E-state index in [-0.39, 0.29) is 5.97 Å². The number of nitrogens with zero attached hydrogens (tertiary/aromatic N) is 1. The number of hydrogen-bond acceptors (Lipinski definition) is 6. The average Bonchev–Trinajstić information content (AvgIpc) is 3.15. The van der Waals surface area contributed by atoms with Crippen molar-refractivity contribution in [3.8, 4) is 0 Å². The van der Waals surface area contributed by atoms with E-state index in [0.717, 1.165) is 29.5 Å². The minimum Gasteiger partial charge on any atom is -0.466 e. The number of carbonyl (C=O) groups excluding carboxylic acids is 1. The molecule has 0 aliphatic carbocycles. The van der Waals surface area contributed by atoms with Crippen LogP contribution in [-0.2, 0) is 16.0 Å². The van der Waals surface area contributed by atoms with Crippen molar-refractivity contribution < 1.29 is 14.5 Å². The number of esters is 1. The maximum Gasteiger partial charge on any atom is 0.305 e. The lowest BCUT2D eigenvalue weighted by atomic mass is 10.2. The van der Waals surface area contributed by atoms with Gasteiger partial charge in [-0.3, -0.25) is 14.9 Å². The lowest BCUT2D eigenvalue weighted by Gasteiger charge is -2.00. The first kappa shape index (κ1) is 21.1. The zero-order valence-electron chi connectivity index (χ0n) is 14.7. The Bertz CT molecular complexity index is 704. The molecule has 2 aromatic rings. The molecule has 0 saturated heterocycles. The minimum atomic E-state index is -0.463. The van der Waals surface area contributed by atoms with Crippen molar-refractivity contribution in [3.63, 3.8) is 0 Å². The summed E-state index contributed by atoms with van der Waals surface area (Å²) in [5.74, 6) is -0.0826. The standard InChI is InChI=1S/C11H16O2S.C7H7NO2S/c1-3-13-11(12)6-4-5-10-7-9(2)8-14-10;1-6-4-7(11-5-6)2-3-8(9)10/h7-8H,3-6H2,1-2H3;2-5H,1H3/b;3-2-. The Labute approximate surface area is 156 Å². The molecular weight excluding hydrogens is 358 g/mol. The molecule has 7 heteroatoms. The second-order valence-electron chi connectivity index (χ2n) is 5.38. The Morgan fingerprint density at radius 3 is 2.44 bits per heavy atom. The number of rotatable bonds is 7. The highest BCUT2D eigenvalue weighted by Crippen LogP contribution is 2.16. The third kappa shape index (κ3) is 9.79. The van der Waals surface area contributed by atoms with Crippen LogP contribution in [0.4, 0.5) is 0 Å². The molecule has 0 bridgehead atoms. The number of aryl methyl sites for hydroxylation is 3. The zero-order valence-corrected chi connectivity index (χ0v) is 16.3. The van der Waals surface area contributed by atoms with E-state index in [4.69, 9.17) is 4.74 Å². The molecule has 0 unspecified atom stereocenters. The van der Waals surface area contributed by atoms with Gasteiger partial charge in [-0.1, -0.05) is 0 Å². The number of ether oxygens (including phenoxy) is 1. The molecule has 0 fully saturated rings. The van der Waals surface area contributed by atoms with Crippen LogP contribution in [0.5, 0.6) is 0 Å². The van der Waals surface area contributed by atoms with Crippen LogP contribution >= 0.6 is 22.7 Å². The van der Waals surface area contributed by atoms with Gasteiger partial charge in [-0.2, -0.15) is 0 Å². The molecule has 2 heterocycles. The van der Waals surface area contributed by atoms with Gasteiger partial charge in [0, 0.05) is 22.3 Å². The van der Waals surface area contributed by atoms with Crippen molar-refractivity contribution in [1.29, 1.82) is 0 Å². The van der Waals surface area contributed by atoms with E-state index in [1.54, 1.807) is 11.3 Å². The minimum absolute atomic E-state index is 0.0826. The van der Waals surface area contributed by atoms with Crippen molar-refractivity contribution in [2.24, 2.45) is 0 Å². The summed E-state index contributed by atoms with van der Waals surface area (Å²) in [5, 5.41) is 14.0. The Morgan fingerprint density at radius 1 is 1.24 bits per heavy atom. The summed E-state index contributed by atoms with van der Waals surface area (Å²) < 4.78 is 4.85. The molecule has 2 rings (SSSR count). The maximum absolute atomic E-state index is 11.0. The van der Waals surface area contributed by atoms with Crippen molar-refractivity contribution >= 4 is 34.7 Å². The monoisotopic (exact) mass is 381 g/mol. The first-order valence-corrected chi connectivity index (χ1v) is 9.73. The van der Waals surface area contributed by atoms with Crippen LogP contribution in [0.2, 0.25) is 0 Å². The average molecular weight is 382 g/mol. The molecule has 0 aliphatic rings. The van der Waals surface area contributed by atoms with Gasteiger partial charge in [-0.25, -0.2) is 0 Å². The largest absolute Gasteiger partial charge is 0.466 e. The molecule has 0 spiro atoms. The van der Waals surface area contributed by atoms with Gasteiger partial charge in [0.1, 0.15) is 0 Å². The highest BCUT2D eigenvalue weighted by molar-refractivity contribution is 7.11. The van der Waals surface area contributed by atoms with Crippen LogP contribution in [0.1, 0.15) is 40.6 Å². The van der Waals surface area contributed by atoms with Crippen LogP contribution in [0.25, 0.3) is 6.08 Å². The van der Waals surface area contributed by atoms with Gasteiger partial charge in [-0.15, -0.1) is 22.7 Å². The quantitative estimate of drug-likeness (QED) is 0.373. The summed E-state index contributed by atoms with van der Waals surface area (Å²) >= 11 is 3.26. The number of nitro groups is 1. The lowest BCUT2D eigenvalue weighted by molar-refractivity contribution is -0.400. The van der Waals surface area contributed by atoms with Gasteiger partial charge in [0.05, 0.1) is 11.5 Å². The highest BCUT2D eigenvalue weighted by atomic mass is 32.1. The van der Waals surface area contributed by atoms with E-state index in [1.165, 1.54) is 27.9 Å². The van der Waals surface area contributed by atoms with E-state index in [2.05, 4.69) is 18.4 Å². The summed E-state index contributed by atoms with van der Waals surface area (Å²) in [6.45, 7) is 6.36. The zero-order chi connectivity index (χ0) is 18.7. The molecule has 0 aliphatic heterocycles. The van der Waals surface area contributed by atoms with Gasteiger partial charge in [-0.05, 0) is 67.6 Å². The van der Waals surface area contributed by atoms with E-state index in [9.17, 15) is 14.9 Å². The van der Waals surface area contributed by atoms with E-state index in [1.807, 2.05) is 25.3 Å². The predicted molar refractivity (Wildman–Crippen MR) is 104 cm³/mol. The third-order valence-electron chi connectivity index (χ3n) is 3.01.